The number of hydrogen-bond acceptors (Lipinski definition) is 0. The van der Waals surface area contributed by atoms with Crippen molar-refractivity contribution in [1.82, 2.24) is 0 Å². The summed E-state index contributed by atoms with van der Waals surface area (Å²) in [6.07, 6.45) is 1.16. The average molecular weight is 298 g/mol. The van der Waals surface area contributed by atoms with Crippen LogP contribution >= 0.6 is 0 Å². The molecular weight excluding hydrogens is 276 g/mol. The summed E-state index contributed by atoms with van der Waals surface area (Å²) in [5.41, 5.74) is 4.63. The van der Waals surface area contributed by atoms with E-state index < -0.39 is 0 Å². The zero-order valence-electron chi connectivity index (χ0n) is 13.5. The van der Waals surface area contributed by atoms with Gasteiger partial charge in [-0.05, 0) is 23.1 Å². The van der Waals surface area contributed by atoms with Gasteiger partial charge >= 0.3 is 0 Å². The first-order chi connectivity index (χ1) is 11.4. The van der Waals surface area contributed by atoms with E-state index in [9.17, 15) is 0 Å². The molecule has 0 amide bonds. The van der Waals surface area contributed by atoms with Gasteiger partial charge < -0.3 is 0 Å². The third-order valence-corrected chi connectivity index (χ3v) is 5.55. The third-order valence-electron chi connectivity index (χ3n) is 5.55. The molecule has 0 spiro atoms. The van der Waals surface area contributed by atoms with Crippen molar-refractivity contribution in [3.8, 4) is 0 Å². The molecule has 0 bridgehead atoms. The monoisotopic (exact) mass is 298 g/mol. The van der Waals surface area contributed by atoms with E-state index in [1.54, 1.807) is 0 Å². The van der Waals surface area contributed by atoms with Crippen LogP contribution in [-0.4, -0.2) is 0 Å². The highest BCUT2D eigenvalue weighted by Gasteiger charge is 2.64. The van der Waals surface area contributed by atoms with E-state index in [-0.39, 0.29) is 5.41 Å². The zero-order chi connectivity index (χ0) is 15.7. The molecule has 0 N–H and O–H groups in total. The molecular formula is C23H22. The second kappa shape index (κ2) is 5.70. The molecule has 0 saturated heterocycles. The van der Waals surface area contributed by atoms with E-state index >= 15 is 0 Å². The van der Waals surface area contributed by atoms with Gasteiger partial charge in [-0.25, -0.2) is 0 Å². The third kappa shape index (κ3) is 2.21. The van der Waals surface area contributed by atoms with Crippen LogP contribution in [0.15, 0.2) is 91.0 Å². The van der Waals surface area contributed by atoms with Gasteiger partial charge in [0.15, 0.2) is 0 Å². The molecule has 0 radical (unpaired) electrons. The fourth-order valence-corrected chi connectivity index (χ4v) is 4.49. The second-order valence-corrected chi connectivity index (χ2v) is 6.54. The molecule has 0 nitrogen and oxygen atoms in total. The second-order valence-electron chi connectivity index (χ2n) is 6.54. The highest BCUT2D eigenvalue weighted by molar-refractivity contribution is 5.53. The van der Waals surface area contributed by atoms with E-state index in [1.165, 1.54) is 16.7 Å². The predicted molar refractivity (Wildman–Crippen MR) is 96.8 cm³/mol. The Balaban J connectivity index is 1.85. The Kier molecular flexibility index (Phi) is 3.53. The van der Waals surface area contributed by atoms with Crippen LogP contribution in [0, 0.1) is 0 Å². The molecule has 1 fully saturated rings. The highest BCUT2D eigenvalue weighted by Crippen LogP contribution is 2.72. The molecule has 3 aromatic carbocycles. The molecule has 2 atom stereocenters. The maximum absolute atomic E-state index is 2.34. The Labute approximate surface area is 138 Å². The fourth-order valence-electron chi connectivity index (χ4n) is 4.49. The standard InChI is InChI=1S/C23H22/c1-2-23(20-16-10-5-11-17-20)21(18-12-6-3-7-13-18)22(23)19-14-8-4-9-15-19/h3-17,21-22H,2H2,1H3. The van der Waals surface area contributed by atoms with Crippen LogP contribution in [0.25, 0.3) is 0 Å². The summed E-state index contributed by atoms with van der Waals surface area (Å²) < 4.78 is 0. The molecule has 4 rings (SSSR count). The van der Waals surface area contributed by atoms with Gasteiger partial charge in [0, 0.05) is 17.3 Å². The number of hydrogen-bond donors (Lipinski definition) is 0. The lowest BCUT2D eigenvalue weighted by atomic mass is 9.86. The molecule has 1 aliphatic carbocycles. The van der Waals surface area contributed by atoms with Crippen molar-refractivity contribution in [2.24, 2.45) is 0 Å². The molecule has 0 heterocycles. The summed E-state index contributed by atoms with van der Waals surface area (Å²) in [4.78, 5) is 0. The SMILES string of the molecule is CCC1(c2ccccc2)C(c2ccccc2)C1c1ccccc1. The van der Waals surface area contributed by atoms with Crippen LogP contribution in [0.4, 0.5) is 0 Å². The molecule has 0 heteroatoms. The Bertz CT molecular complexity index is 713. The van der Waals surface area contributed by atoms with Gasteiger partial charge in [-0.1, -0.05) is 97.9 Å². The van der Waals surface area contributed by atoms with Crippen LogP contribution in [0.3, 0.4) is 0 Å². The van der Waals surface area contributed by atoms with Gasteiger partial charge in [-0.3, -0.25) is 0 Å². The lowest BCUT2D eigenvalue weighted by Gasteiger charge is -2.17. The van der Waals surface area contributed by atoms with E-state index in [4.69, 9.17) is 0 Å². The van der Waals surface area contributed by atoms with Crippen molar-refractivity contribution >= 4 is 0 Å². The molecule has 23 heavy (non-hydrogen) atoms. The van der Waals surface area contributed by atoms with Gasteiger partial charge in [0.1, 0.15) is 0 Å². The highest BCUT2D eigenvalue weighted by atomic mass is 14.7. The Hall–Kier alpha value is -2.34. The summed E-state index contributed by atoms with van der Waals surface area (Å²) in [5.74, 6) is 1.14. The number of rotatable bonds is 4. The first-order valence-corrected chi connectivity index (χ1v) is 8.53. The Morgan fingerprint density at radius 3 is 1.39 bits per heavy atom. The quantitative estimate of drug-likeness (QED) is 0.561. The van der Waals surface area contributed by atoms with E-state index in [1.807, 2.05) is 0 Å². The largest absolute Gasteiger partial charge is 0.0645 e. The topological polar surface area (TPSA) is 0 Å². The maximum Gasteiger partial charge on any atom is 0.00999 e. The van der Waals surface area contributed by atoms with Crippen LogP contribution in [-0.2, 0) is 5.41 Å². The molecule has 2 unspecified atom stereocenters. The first-order valence-electron chi connectivity index (χ1n) is 8.53. The minimum Gasteiger partial charge on any atom is -0.0645 e. The summed E-state index contributed by atoms with van der Waals surface area (Å²) in [7, 11) is 0. The Morgan fingerprint density at radius 2 is 1.00 bits per heavy atom. The predicted octanol–water partition coefficient (Wildman–Crippen LogP) is 5.92. The van der Waals surface area contributed by atoms with E-state index in [2.05, 4.69) is 97.9 Å². The molecule has 0 aromatic heterocycles. The van der Waals surface area contributed by atoms with Gasteiger partial charge in [-0.2, -0.15) is 0 Å². The maximum atomic E-state index is 2.34. The molecule has 1 aliphatic rings. The van der Waals surface area contributed by atoms with Crippen molar-refractivity contribution < 1.29 is 0 Å². The summed E-state index contributed by atoms with van der Waals surface area (Å²) in [5, 5.41) is 0. The Morgan fingerprint density at radius 1 is 0.609 bits per heavy atom. The minimum atomic E-state index is 0.226. The van der Waals surface area contributed by atoms with Gasteiger partial charge in [0.2, 0.25) is 0 Å². The van der Waals surface area contributed by atoms with Crippen molar-refractivity contribution in [2.45, 2.75) is 30.6 Å². The lowest BCUT2D eigenvalue weighted by molar-refractivity contribution is 0.621. The minimum absolute atomic E-state index is 0.226. The summed E-state index contributed by atoms with van der Waals surface area (Å²) in [6, 6.07) is 33.1. The van der Waals surface area contributed by atoms with Crippen molar-refractivity contribution in [2.75, 3.05) is 0 Å². The van der Waals surface area contributed by atoms with Crippen LogP contribution < -0.4 is 0 Å². The van der Waals surface area contributed by atoms with Crippen LogP contribution in [0.2, 0.25) is 0 Å². The smallest absolute Gasteiger partial charge is 0.00999 e. The summed E-state index contributed by atoms with van der Waals surface area (Å²) >= 11 is 0. The summed E-state index contributed by atoms with van der Waals surface area (Å²) in [6.45, 7) is 2.34. The lowest BCUT2D eigenvalue weighted by Crippen LogP contribution is -2.10. The van der Waals surface area contributed by atoms with Gasteiger partial charge in [-0.15, -0.1) is 0 Å². The van der Waals surface area contributed by atoms with Gasteiger partial charge in [0.05, 0.1) is 0 Å². The van der Waals surface area contributed by atoms with Crippen molar-refractivity contribution in [3.63, 3.8) is 0 Å². The van der Waals surface area contributed by atoms with Gasteiger partial charge in [0.25, 0.3) is 0 Å². The van der Waals surface area contributed by atoms with Crippen LogP contribution in [0.1, 0.15) is 41.9 Å². The zero-order valence-corrected chi connectivity index (χ0v) is 13.5. The molecule has 1 saturated carbocycles. The molecule has 0 aliphatic heterocycles. The molecule has 114 valence electrons. The van der Waals surface area contributed by atoms with E-state index in [0.29, 0.717) is 11.8 Å². The van der Waals surface area contributed by atoms with E-state index in [0.717, 1.165) is 6.42 Å². The first kappa shape index (κ1) is 14.3. The fraction of sp³-hybridized carbons (Fsp3) is 0.217. The normalized spacial score (nSPS) is 26.0. The number of benzene rings is 3. The average Bonchev–Trinajstić information content (AvgIpc) is 3.34. The van der Waals surface area contributed by atoms with Crippen LogP contribution in [0.5, 0.6) is 0 Å². The molecule has 3 aromatic rings. The van der Waals surface area contributed by atoms with Crippen molar-refractivity contribution in [3.05, 3.63) is 108 Å². The van der Waals surface area contributed by atoms with Crippen molar-refractivity contribution in [1.29, 1.82) is 0 Å².